The Morgan fingerprint density at radius 3 is 2.52 bits per heavy atom. The van der Waals surface area contributed by atoms with Crippen molar-refractivity contribution in [3.63, 3.8) is 0 Å². The van der Waals surface area contributed by atoms with Crippen LogP contribution >= 0.6 is 23.4 Å². The Bertz CT molecular complexity index is 1400. The van der Waals surface area contributed by atoms with Gasteiger partial charge in [-0.1, -0.05) is 41.6 Å². The molecule has 1 N–H and O–H groups in total. The minimum atomic E-state index is -0.240. The number of halogens is 1. The maximum Gasteiger partial charge on any atom is 0.266 e. The van der Waals surface area contributed by atoms with Gasteiger partial charge < -0.3 is 10.1 Å². The highest BCUT2D eigenvalue weighted by molar-refractivity contribution is 7.99. The number of benzene rings is 3. The standard InChI is InChI=1S/C25H22ClN3O3S/c1-15-10-16(2)12-18(11-15)29-24(31)19-6-4-5-7-21(19)28-25(29)33-14-23(30)27-17-8-9-22(32-3)20(26)13-17/h4-13H,14H2,1-3H3,(H,27,30). The van der Waals surface area contributed by atoms with Crippen molar-refractivity contribution in [3.05, 3.63) is 87.2 Å². The fourth-order valence-electron chi connectivity index (χ4n) is 3.59. The van der Waals surface area contributed by atoms with Crippen LogP contribution in [0.5, 0.6) is 5.75 Å². The summed E-state index contributed by atoms with van der Waals surface area (Å²) in [5, 5.41) is 4.20. The zero-order valence-corrected chi connectivity index (χ0v) is 20.0. The van der Waals surface area contributed by atoms with Crippen LogP contribution in [-0.4, -0.2) is 28.3 Å². The summed E-state index contributed by atoms with van der Waals surface area (Å²) in [5.74, 6) is 0.358. The number of methoxy groups -OCH3 is 1. The van der Waals surface area contributed by atoms with Gasteiger partial charge in [-0.05, 0) is 67.4 Å². The lowest BCUT2D eigenvalue weighted by atomic mass is 10.1. The molecule has 6 nitrogen and oxygen atoms in total. The van der Waals surface area contributed by atoms with Crippen LogP contribution in [0.1, 0.15) is 11.1 Å². The van der Waals surface area contributed by atoms with Crippen LogP contribution in [-0.2, 0) is 4.79 Å². The van der Waals surface area contributed by atoms with Crippen LogP contribution in [0.2, 0.25) is 5.02 Å². The summed E-state index contributed by atoms with van der Waals surface area (Å²) >= 11 is 7.35. The van der Waals surface area contributed by atoms with E-state index in [0.29, 0.717) is 32.5 Å². The van der Waals surface area contributed by atoms with E-state index < -0.39 is 0 Å². The maximum atomic E-state index is 13.4. The molecule has 0 spiro atoms. The van der Waals surface area contributed by atoms with Crippen molar-refractivity contribution in [2.75, 3.05) is 18.2 Å². The summed E-state index contributed by atoms with van der Waals surface area (Å²) in [7, 11) is 1.53. The number of aryl methyl sites for hydroxylation is 2. The number of nitrogens with zero attached hydrogens (tertiary/aromatic N) is 2. The Balaban J connectivity index is 1.66. The summed E-state index contributed by atoms with van der Waals surface area (Å²) in [6.07, 6.45) is 0. The van der Waals surface area contributed by atoms with Crippen molar-refractivity contribution >= 4 is 45.9 Å². The molecule has 4 aromatic rings. The van der Waals surface area contributed by atoms with E-state index in [0.717, 1.165) is 16.8 Å². The van der Waals surface area contributed by atoms with Gasteiger partial charge in [0.2, 0.25) is 5.91 Å². The van der Waals surface area contributed by atoms with Crippen LogP contribution in [0.3, 0.4) is 0 Å². The van der Waals surface area contributed by atoms with E-state index in [4.69, 9.17) is 21.3 Å². The van der Waals surface area contributed by atoms with Crippen molar-refractivity contribution in [1.82, 2.24) is 9.55 Å². The topological polar surface area (TPSA) is 73.2 Å². The lowest BCUT2D eigenvalue weighted by Gasteiger charge is -2.14. The number of thioether (sulfide) groups is 1. The lowest BCUT2D eigenvalue weighted by molar-refractivity contribution is -0.113. The van der Waals surface area contributed by atoms with Crippen molar-refractivity contribution in [3.8, 4) is 11.4 Å². The molecule has 1 heterocycles. The van der Waals surface area contributed by atoms with Gasteiger partial charge in [0.05, 0.1) is 34.5 Å². The second kappa shape index (κ2) is 9.68. The molecule has 0 saturated carbocycles. The number of rotatable bonds is 6. The molecule has 1 amide bonds. The quantitative estimate of drug-likeness (QED) is 0.296. The Hall–Kier alpha value is -3.29. The molecular weight excluding hydrogens is 458 g/mol. The molecule has 33 heavy (non-hydrogen) atoms. The molecule has 0 aliphatic rings. The Morgan fingerprint density at radius 1 is 1.09 bits per heavy atom. The van der Waals surface area contributed by atoms with E-state index >= 15 is 0 Å². The Kier molecular flexibility index (Phi) is 6.72. The van der Waals surface area contributed by atoms with Gasteiger partial charge in [-0.25, -0.2) is 4.98 Å². The van der Waals surface area contributed by atoms with Crippen LogP contribution < -0.4 is 15.6 Å². The Labute approximate surface area is 200 Å². The lowest BCUT2D eigenvalue weighted by Crippen LogP contribution is -2.23. The summed E-state index contributed by atoms with van der Waals surface area (Å²) < 4.78 is 6.71. The Morgan fingerprint density at radius 2 is 1.82 bits per heavy atom. The number of para-hydroxylation sites is 1. The number of carbonyl (C=O) groups excluding carboxylic acids is 1. The maximum absolute atomic E-state index is 13.4. The average molecular weight is 480 g/mol. The van der Waals surface area contributed by atoms with Gasteiger partial charge in [0, 0.05) is 5.69 Å². The molecule has 1 aromatic heterocycles. The van der Waals surface area contributed by atoms with Gasteiger partial charge in [0.1, 0.15) is 5.75 Å². The number of ether oxygens (including phenoxy) is 1. The van der Waals surface area contributed by atoms with Crippen molar-refractivity contribution in [2.24, 2.45) is 0 Å². The number of hydrogen-bond donors (Lipinski definition) is 1. The van der Waals surface area contributed by atoms with Gasteiger partial charge in [0.25, 0.3) is 5.56 Å². The van der Waals surface area contributed by atoms with Crippen LogP contribution in [0.4, 0.5) is 5.69 Å². The summed E-state index contributed by atoms with van der Waals surface area (Å²) in [6, 6.07) is 18.2. The van der Waals surface area contributed by atoms with Gasteiger partial charge in [0.15, 0.2) is 5.16 Å². The molecule has 0 bridgehead atoms. The SMILES string of the molecule is COc1ccc(NC(=O)CSc2nc3ccccc3c(=O)n2-c2cc(C)cc(C)c2)cc1Cl. The molecular formula is C25H22ClN3O3S. The van der Waals surface area contributed by atoms with Crippen LogP contribution in [0, 0.1) is 13.8 Å². The number of nitrogens with one attached hydrogen (secondary N) is 1. The van der Waals surface area contributed by atoms with Crippen LogP contribution in [0.25, 0.3) is 16.6 Å². The van der Waals surface area contributed by atoms with E-state index in [1.54, 1.807) is 34.9 Å². The molecule has 0 saturated heterocycles. The first-order valence-corrected chi connectivity index (χ1v) is 11.6. The van der Waals surface area contributed by atoms with Gasteiger partial charge in [-0.2, -0.15) is 0 Å². The molecule has 0 aliphatic carbocycles. The molecule has 8 heteroatoms. The van der Waals surface area contributed by atoms with Gasteiger partial charge >= 0.3 is 0 Å². The number of amides is 1. The minimum absolute atomic E-state index is 0.0687. The number of fused-ring (bicyclic) bond motifs is 1. The van der Waals surface area contributed by atoms with E-state index in [1.165, 1.54) is 18.9 Å². The van der Waals surface area contributed by atoms with Crippen LogP contribution in [0.15, 0.2) is 70.6 Å². The largest absolute Gasteiger partial charge is 0.495 e. The number of hydrogen-bond acceptors (Lipinski definition) is 5. The highest BCUT2D eigenvalue weighted by atomic mass is 35.5. The highest BCUT2D eigenvalue weighted by Crippen LogP contribution is 2.28. The van der Waals surface area contributed by atoms with Gasteiger partial charge in [-0.3, -0.25) is 14.2 Å². The smallest absolute Gasteiger partial charge is 0.266 e. The molecule has 0 fully saturated rings. The van der Waals surface area contributed by atoms with Crippen molar-refractivity contribution < 1.29 is 9.53 Å². The molecule has 4 rings (SSSR count). The number of carbonyl (C=O) groups is 1. The molecule has 0 unspecified atom stereocenters. The number of anilines is 1. The molecule has 0 aliphatic heterocycles. The van der Waals surface area contributed by atoms with Crippen molar-refractivity contribution in [2.45, 2.75) is 19.0 Å². The predicted molar refractivity (Wildman–Crippen MR) is 134 cm³/mol. The predicted octanol–water partition coefficient (Wildman–Crippen LogP) is 5.40. The van der Waals surface area contributed by atoms with Crippen molar-refractivity contribution in [1.29, 1.82) is 0 Å². The van der Waals surface area contributed by atoms with E-state index in [-0.39, 0.29) is 17.2 Å². The molecule has 168 valence electrons. The average Bonchev–Trinajstić information content (AvgIpc) is 2.77. The normalized spacial score (nSPS) is 10.9. The third kappa shape index (κ3) is 5.05. The second-order valence-corrected chi connectivity index (χ2v) is 8.93. The van der Waals surface area contributed by atoms with E-state index in [1.807, 2.05) is 44.2 Å². The number of aromatic nitrogens is 2. The fraction of sp³-hybridized carbons (Fsp3) is 0.160. The summed E-state index contributed by atoms with van der Waals surface area (Å²) in [6.45, 7) is 3.96. The molecule has 0 radical (unpaired) electrons. The van der Waals surface area contributed by atoms with E-state index in [9.17, 15) is 9.59 Å². The summed E-state index contributed by atoms with van der Waals surface area (Å²) in [5.41, 5.74) is 3.78. The third-order valence-electron chi connectivity index (χ3n) is 4.98. The molecule has 0 atom stereocenters. The van der Waals surface area contributed by atoms with Gasteiger partial charge in [-0.15, -0.1) is 0 Å². The zero-order valence-electron chi connectivity index (χ0n) is 18.4. The highest BCUT2D eigenvalue weighted by Gasteiger charge is 2.16. The third-order valence-corrected chi connectivity index (χ3v) is 6.21. The molecule has 3 aromatic carbocycles. The summed E-state index contributed by atoms with van der Waals surface area (Å²) in [4.78, 5) is 30.7. The van der Waals surface area contributed by atoms with E-state index in [2.05, 4.69) is 5.32 Å². The monoisotopic (exact) mass is 479 g/mol. The fourth-order valence-corrected chi connectivity index (χ4v) is 4.66. The first-order chi connectivity index (χ1) is 15.9. The first-order valence-electron chi connectivity index (χ1n) is 10.2. The zero-order chi connectivity index (χ0) is 23.5. The second-order valence-electron chi connectivity index (χ2n) is 7.58. The minimum Gasteiger partial charge on any atom is -0.495 e. The first kappa shape index (κ1) is 22.9.